The predicted molar refractivity (Wildman–Crippen MR) is 97.1 cm³/mol. The van der Waals surface area contributed by atoms with Crippen molar-refractivity contribution in [3.8, 4) is 5.75 Å². The largest absolute Gasteiger partial charge is 0.374 e. The number of benzene rings is 1. The van der Waals surface area contributed by atoms with Crippen LogP contribution < -0.4 is 31.6 Å². The van der Waals surface area contributed by atoms with Gasteiger partial charge in [-0.2, -0.15) is 5.06 Å². The molecule has 0 bridgehead atoms. The average molecular weight is 351 g/mol. The quantitative estimate of drug-likeness (QED) is 0.645. The number of amides is 2. The second-order valence-electron chi connectivity index (χ2n) is 5.67. The highest BCUT2D eigenvalue weighted by Crippen LogP contribution is 2.25. The summed E-state index contributed by atoms with van der Waals surface area (Å²) in [5, 5.41) is 4.19. The number of urea groups is 1. The van der Waals surface area contributed by atoms with Crippen molar-refractivity contribution < 1.29 is 9.63 Å². The number of fused-ring (bicyclic) bond motifs is 1. The molecule has 26 heavy (non-hydrogen) atoms. The molecule has 0 radical (unpaired) electrons. The molecule has 0 aromatic heterocycles. The number of nitrogens with two attached hydrogens (primary N) is 1. The Morgan fingerprint density at radius 1 is 1.31 bits per heavy atom. The SMILES string of the molecule is NC(=O)NC1=CC=CN(c2ccc(ON3C=NC=C4NNC=C43)cc2)C1. The van der Waals surface area contributed by atoms with Crippen LogP contribution in [0.1, 0.15) is 0 Å². The second kappa shape index (κ2) is 6.55. The van der Waals surface area contributed by atoms with Crippen LogP contribution in [0.15, 0.2) is 77.1 Å². The molecule has 0 aliphatic carbocycles. The maximum Gasteiger partial charge on any atom is 0.316 e. The first-order valence-corrected chi connectivity index (χ1v) is 7.92. The van der Waals surface area contributed by atoms with Gasteiger partial charge >= 0.3 is 6.03 Å². The number of rotatable bonds is 4. The van der Waals surface area contributed by atoms with E-state index < -0.39 is 6.03 Å². The Labute approximate surface area is 149 Å². The van der Waals surface area contributed by atoms with E-state index in [0.29, 0.717) is 12.3 Å². The van der Waals surface area contributed by atoms with Gasteiger partial charge in [-0.3, -0.25) is 5.43 Å². The van der Waals surface area contributed by atoms with Crippen LogP contribution >= 0.6 is 0 Å². The van der Waals surface area contributed by atoms with E-state index >= 15 is 0 Å². The van der Waals surface area contributed by atoms with Gasteiger partial charge in [0.2, 0.25) is 0 Å². The van der Waals surface area contributed by atoms with Gasteiger partial charge in [-0.1, -0.05) is 0 Å². The number of hydroxylamine groups is 2. The van der Waals surface area contributed by atoms with Crippen molar-refractivity contribution in [2.75, 3.05) is 11.4 Å². The first kappa shape index (κ1) is 15.6. The van der Waals surface area contributed by atoms with Crippen LogP contribution in [-0.2, 0) is 0 Å². The van der Waals surface area contributed by atoms with Crippen LogP contribution in [0.5, 0.6) is 5.75 Å². The first-order chi connectivity index (χ1) is 12.7. The lowest BCUT2D eigenvalue weighted by Crippen LogP contribution is -2.35. The highest BCUT2D eigenvalue weighted by Gasteiger charge is 2.21. The van der Waals surface area contributed by atoms with Crippen LogP contribution in [0, 0.1) is 0 Å². The zero-order valence-electron chi connectivity index (χ0n) is 13.7. The van der Waals surface area contributed by atoms with Gasteiger partial charge in [-0.25, -0.2) is 9.79 Å². The van der Waals surface area contributed by atoms with E-state index in [1.54, 1.807) is 23.8 Å². The van der Waals surface area contributed by atoms with Crippen molar-refractivity contribution in [1.29, 1.82) is 0 Å². The molecule has 2 amide bonds. The van der Waals surface area contributed by atoms with E-state index in [9.17, 15) is 4.79 Å². The number of carbonyl (C=O) groups is 1. The Bertz CT molecular complexity index is 868. The molecule has 0 saturated carbocycles. The summed E-state index contributed by atoms with van der Waals surface area (Å²) >= 11 is 0. The monoisotopic (exact) mass is 351 g/mol. The van der Waals surface area contributed by atoms with Crippen LogP contribution in [-0.4, -0.2) is 24.0 Å². The zero-order chi connectivity index (χ0) is 17.9. The number of hydrogen-bond donors (Lipinski definition) is 4. The third kappa shape index (κ3) is 3.18. The van der Waals surface area contributed by atoms with Gasteiger partial charge in [0.1, 0.15) is 17.7 Å². The van der Waals surface area contributed by atoms with Crippen LogP contribution in [0.4, 0.5) is 10.5 Å². The van der Waals surface area contributed by atoms with Gasteiger partial charge in [0.05, 0.1) is 12.7 Å². The number of hydrogen-bond acceptors (Lipinski definition) is 7. The fourth-order valence-electron chi connectivity index (χ4n) is 2.69. The summed E-state index contributed by atoms with van der Waals surface area (Å²) in [6.07, 6.45) is 10.7. The van der Waals surface area contributed by atoms with E-state index in [4.69, 9.17) is 10.6 Å². The van der Waals surface area contributed by atoms with E-state index in [1.165, 1.54) is 0 Å². The molecule has 0 fully saturated rings. The maximum atomic E-state index is 11.0. The normalized spacial score (nSPS) is 17.5. The van der Waals surface area contributed by atoms with Crippen LogP contribution in [0.2, 0.25) is 0 Å². The number of allylic oxidation sites excluding steroid dienone is 2. The molecule has 1 aromatic rings. The summed E-state index contributed by atoms with van der Waals surface area (Å²) in [6, 6.07) is 7.03. The maximum absolute atomic E-state index is 11.0. The number of carbonyl (C=O) groups excluding carboxylic acids is 1. The molecular formula is C17H17N7O2. The summed E-state index contributed by atoms with van der Waals surface area (Å²) in [5.74, 6) is 0.668. The molecular weight excluding hydrogens is 334 g/mol. The van der Waals surface area contributed by atoms with Gasteiger partial charge in [-0.15, -0.1) is 0 Å². The van der Waals surface area contributed by atoms with Gasteiger partial charge in [0, 0.05) is 23.8 Å². The molecule has 1 aromatic carbocycles. The second-order valence-corrected chi connectivity index (χ2v) is 5.67. The smallest absolute Gasteiger partial charge is 0.316 e. The third-order valence-electron chi connectivity index (χ3n) is 3.86. The Balaban J connectivity index is 1.42. The molecule has 0 saturated heterocycles. The van der Waals surface area contributed by atoms with E-state index in [0.717, 1.165) is 22.8 Å². The number of nitrogens with zero attached hydrogens (tertiary/aromatic N) is 3. The Hall–Kier alpha value is -3.88. The molecule has 0 unspecified atom stereocenters. The first-order valence-electron chi connectivity index (χ1n) is 7.92. The molecule has 9 heteroatoms. The predicted octanol–water partition coefficient (Wildman–Crippen LogP) is 1.00. The Kier molecular flexibility index (Phi) is 3.94. The lowest BCUT2D eigenvalue weighted by molar-refractivity contribution is 0.0646. The zero-order valence-corrected chi connectivity index (χ0v) is 13.7. The minimum absolute atomic E-state index is 0.525. The van der Waals surface area contributed by atoms with Crippen molar-refractivity contribution in [2.45, 2.75) is 0 Å². The van der Waals surface area contributed by atoms with E-state index in [-0.39, 0.29) is 0 Å². The van der Waals surface area contributed by atoms with Gasteiger partial charge in [0.15, 0.2) is 5.75 Å². The lowest BCUT2D eigenvalue weighted by atomic mass is 10.2. The van der Waals surface area contributed by atoms with Crippen molar-refractivity contribution >= 4 is 18.1 Å². The van der Waals surface area contributed by atoms with Crippen molar-refractivity contribution in [3.05, 3.63) is 72.1 Å². The Morgan fingerprint density at radius 2 is 2.15 bits per heavy atom. The van der Waals surface area contributed by atoms with Crippen molar-refractivity contribution in [1.82, 2.24) is 21.2 Å². The molecule has 3 heterocycles. The Morgan fingerprint density at radius 3 is 2.96 bits per heavy atom. The summed E-state index contributed by atoms with van der Waals surface area (Å²) in [6.45, 7) is 0.525. The summed E-state index contributed by atoms with van der Waals surface area (Å²) in [5.41, 5.74) is 14.4. The van der Waals surface area contributed by atoms with Crippen molar-refractivity contribution in [3.63, 3.8) is 0 Å². The number of hydrazine groups is 1. The number of anilines is 1. The highest BCUT2D eigenvalue weighted by atomic mass is 16.7. The minimum Gasteiger partial charge on any atom is -0.374 e. The van der Waals surface area contributed by atoms with Crippen molar-refractivity contribution in [2.24, 2.45) is 10.7 Å². The molecule has 132 valence electrons. The third-order valence-corrected chi connectivity index (χ3v) is 3.86. The molecule has 9 nitrogen and oxygen atoms in total. The molecule has 3 aliphatic heterocycles. The van der Waals surface area contributed by atoms with E-state index in [2.05, 4.69) is 21.2 Å². The summed E-state index contributed by atoms with van der Waals surface area (Å²) in [7, 11) is 0. The molecule has 0 atom stereocenters. The van der Waals surface area contributed by atoms with E-state index in [1.807, 2.05) is 47.5 Å². The molecule has 0 spiro atoms. The van der Waals surface area contributed by atoms with Crippen LogP contribution in [0.3, 0.4) is 0 Å². The highest BCUT2D eigenvalue weighted by molar-refractivity contribution is 5.74. The topological polar surface area (TPSA) is 107 Å². The van der Waals surface area contributed by atoms with Gasteiger partial charge in [-0.05, 0) is 36.4 Å². The van der Waals surface area contributed by atoms with Gasteiger partial charge in [0.25, 0.3) is 0 Å². The number of primary amides is 1. The minimum atomic E-state index is -0.572. The standard InChI is InChI=1S/C17H17N7O2/c18-17(25)21-12-2-1-7-23(10-12)13-3-5-14(6-4-13)26-24-11-19-8-15-16(24)9-20-22-15/h1-9,11,20,22H,10H2,(H3,18,21,25). The fraction of sp³-hybridized carbons (Fsp3) is 0.0588. The summed E-state index contributed by atoms with van der Waals surface area (Å²) < 4.78 is 0. The lowest BCUT2D eigenvalue weighted by Gasteiger charge is -2.25. The number of nitrogens with one attached hydrogen (secondary N) is 3. The number of aliphatic imine (C=N–C) groups is 1. The van der Waals surface area contributed by atoms with Gasteiger partial charge < -0.3 is 26.2 Å². The fourth-order valence-corrected chi connectivity index (χ4v) is 2.69. The molecule has 3 aliphatic rings. The summed E-state index contributed by atoms with van der Waals surface area (Å²) in [4.78, 5) is 23.0. The molecule has 5 N–H and O–H groups in total. The van der Waals surface area contributed by atoms with Crippen LogP contribution in [0.25, 0.3) is 0 Å². The molecule has 4 rings (SSSR count). The average Bonchev–Trinajstić information content (AvgIpc) is 3.12.